The van der Waals surface area contributed by atoms with Crippen molar-refractivity contribution >= 4 is 21.6 Å². The lowest BCUT2D eigenvalue weighted by molar-refractivity contribution is 0.671. The van der Waals surface area contributed by atoms with E-state index in [1.165, 1.54) is 17.2 Å². The minimum atomic E-state index is -0.318. The van der Waals surface area contributed by atoms with Gasteiger partial charge < -0.3 is 9.88 Å². The lowest BCUT2D eigenvalue weighted by atomic mass is 10.1. The molecule has 0 bridgehead atoms. The fraction of sp³-hybridized carbons (Fsp3) is 0.333. The molecule has 0 unspecified atom stereocenters. The van der Waals surface area contributed by atoms with Crippen LogP contribution in [0.3, 0.4) is 0 Å². The maximum atomic E-state index is 12.1. The first-order chi connectivity index (χ1) is 9.93. The molecular formula is C15H18BrN3O2. The number of benzene rings is 1. The summed E-state index contributed by atoms with van der Waals surface area (Å²) in [6.45, 7) is 2.47. The number of nitrogens with one attached hydrogen (secondary N) is 1. The molecule has 0 aliphatic heterocycles. The smallest absolute Gasteiger partial charge is 0.330 e. The van der Waals surface area contributed by atoms with E-state index in [0.29, 0.717) is 12.1 Å². The monoisotopic (exact) mass is 351 g/mol. The topological polar surface area (TPSA) is 56.0 Å². The van der Waals surface area contributed by atoms with Crippen molar-refractivity contribution in [2.24, 2.45) is 14.1 Å². The summed E-state index contributed by atoms with van der Waals surface area (Å²) in [7, 11) is 3.13. The molecule has 1 heterocycles. The van der Waals surface area contributed by atoms with E-state index in [0.717, 1.165) is 21.1 Å². The largest absolute Gasteiger partial charge is 0.380 e. The van der Waals surface area contributed by atoms with Gasteiger partial charge in [-0.25, -0.2) is 4.79 Å². The van der Waals surface area contributed by atoms with Gasteiger partial charge in [0.1, 0.15) is 0 Å². The molecule has 0 atom stereocenters. The Kier molecular flexibility index (Phi) is 4.67. The van der Waals surface area contributed by atoms with Crippen molar-refractivity contribution in [3.63, 3.8) is 0 Å². The van der Waals surface area contributed by atoms with E-state index < -0.39 is 0 Å². The molecule has 0 saturated heterocycles. The minimum Gasteiger partial charge on any atom is -0.380 e. The summed E-state index contributed by atoms with van der Waals surface area (Å²) in [5.41, 5.74) is 2.15. The molecule has 1 aromatic carbocycles. The van der Waals surface area contributed by atoms with E-state index in [-0.39, 0.29) is 11.2 Å². The number of aromatic nitrogens is 2. The van der Waals surface area contributed by atoms with Gasteiger partial charge >= 0.3 is 5.69 Å². The first-order valence-corrected chi connectivity index (χ1v) is 7.51. The van der Waals surface area contributed by atoms with Gasteiger partial charge in [-0.05, 0) is 30.2 Å². The SMILES string of the molecule is CCc1cc(Br)ccc1NCc1cn(C)c(=O)n(C)c1=O. The number of aryl methyl sites for hydroxylation is 2. The predicted octanol–water partition coefficient (Wildman–Crippen LogP) is 2.02. The normalized spacial score (nSPS) is 10.7. The van der Waals surface area contributed by atoms with Crippen molar-refractivity contribution in [2.45, 2.75) is 19.9 Å². The highest BCUT2D eigenvalue weighted by molar-refractivity contribution is 9.10. The van der Waals surface area contributed by atoms with E-state index in [4.69, 9.17) is 0 Å². The molecule has 0 amide bonds. The molecule has 1 aromatic heterocycles. The molecule has 21 heavy (non-hydrogen) atoms. The zero-order chi connectivity index (χ0) is 15.6. The van der Waals surface area contributed by atoms with Gasteiger partial charge in [0.2, 0.25) is 0 Å². The van der Waals surface area contributed by atoms with Crippen molar-refractivity contribution in [1.29, 1.82) is 0 Å². The zero-order valence-corrected chi connectivity index (χ0v) is 13.9. The molecule has 112 valence electrons. The number of hydrogen-bond acceptors (Lipinski definition) is 3. The maximum Gasteiger partial charge on any atom is 0.330 e. The molecule has 2 rings (SSSR count). The Balaban J connectivity index is 2.29. The Morgan fingerprint density at radius 1 is 1.19 bits per heavy atom. The van der Waals surface area contributed by atoms with Crippen LogP contribution in [0.5, 0.6) is 0 Å². The Morgan fingerprint density at radius 3 is 2.57 bits per heavy atom. The number of rotatable bonds is 4. The number of nitrogens with zero attached hydrogens (tertiary/aromatic N) is 2. The third-order valence-corrected chi connectivity index (χ3v) is 3.93. The number of hydrogen-bond donors (Lipinski definition) is 1. The second-order valence-electron chi connectivity index (χ2n) is 4.92. The highest BCUT2D eigenvalue weighted by Crippen LogP contribution is 2.21. The van der Waals surface area contributed by atoms with Crippen molar-refractivity contribution in [3.8, 4) is 0 Å². The average Bonchev–Trinajstić information content (AvgIpc) is 2.48. The molecule has 2 aromatic rings. The van der Waals surface area contributed by atoms with Crippen LogP contribution < -0.4 is 16.6 Å². The Bertz CT molecular complexity index is 777. The van der Waals surface area contributed by atoms with Gasteiger partial charge in [0.05, 0.1) is 5.56 Å². The summed E-state index contributed by atoms with van der Waals surface area (Å²) in [5.74, 6) is 0. The Morgan fingerprint density at radius 2 is 1.90 bits per heavy atom. The van der Waals surface area contributed by atoms with Crippen LogP contribution in [0.2, 0.25) is 0 Å². The van der Waals surface area contributed by atoms with E-state index >= 15 is 0 Å². The van der Waals surface area contributed by atoms with Crippen LogP contribution in [-0.4, -0.2) is 9.13 Å². The van der Waals surface area contributed by atoms with Gasteiger partial charge in [-0.1, -0.05) is 22.9 Å². The summed E-state index contributed by atoms with van der Waals surface area (Å²) in [4.78, 5) is 23.7. The third kappa shape index (κ3) is 3.26. The predicted molar refractivity (Wildman–Crippen MR) is 87.8 cm³/mol. The number of halogens is 1. The van der Waals surface area contributed by atoms with Gasteiger partial charge in [0, 0.05) is 37.0 Å². The van der Waals surface area contributed by atoms with Crippen molar-refractivity contribution < 1.29 is 0 Å². The summed E-state index contributed by atoms with van der Waals surface area (Å²) in [6.07, 6.45) is 2.48. The van der Waals surface area contributed by atoms with Gasteiger partial charge in [0.15, 0.2) is 0 Å². The molecular weight excluding hydrogens is 334 g/mol. The molecule has 1 N–H and O–H groups in total. The minimum absolute atomic E-state index is 0.263. The lowest BCUT2D eigenvalue weighted by Crippen LogP contribution is -2.38. The molecule has 0 fully saturated rings. The second-order valence-corrected chi connectivity index (χ2v) is 5.84. The van der Waals surface area contributed by atoms with Crippen LogP contribution in [0.4, 0.5) is 5.69 Å². The fourth-order valence-corrected chi connectivity index (χ4v) is 2.63. The van der Waals surface area contributed by atoms with Crippen LogP contribution >= 0.6 is 15.9 Å². The van der Waals surface area contributed by atoms with Crippen molar-refractivity contribution in [3.05, 3.63) is 60.8 Å². The van der Waals surface area contributed by atoms with Crippen LogP contribution in [0.15, 0.2) is 38.5 Å². The lowest BCUT2D eigenvalue weighted by Gasteiger charge is -2.12. The van der Waals surface area contributed by atoms with Gasteiger partial charge in [-0.3, -0.25) is 9.36 Å². The standard InChI is InChI=1S/C15H18BrN3O2/c1-4-10-7-12(16)5-6-13(10)17-8-11-9-18(2)15(21)19(3)14(11)20/h5-7,9,17H,4,8H2,1-3H3. The van der Waals surface area contributed by atoms with Crippen LogP contribution in [-0.2, 0) is 27.1 Å². The maximum absolute atomic E-state index is 12.1. The van der Waals surface area contributed by atoms with E-state index in [1.54, 1.807) is 13.2 Å². The zero-order valence-electron chi connectivity index (χ0n) is 12.3. The van der Waals surface area contributed by atoms with Crippen LogP contribution in [0, 0.1) is 0 Å². The summed E-state index contributed by atoms with van der Waals surface area (Å²) < 4.78 is 3.57. The number of anilines is 1. The summed E-state index contributed by atoms with van der Waals surface area (Å²) in [6, 6.07) is 6.00. The summed E-state index contributed by atoms with van der Waals surface area (Å²) in [5, 5.41) is 3.27. The highest BCUT2D eigenvalue weighted by Gasteiger charge is 2.08. The van der Waals surface area contributed by atoms with E-state index in [2.05, 4.69) is 34.2 Å². The molecule has 0 aliphatic rings. The van der Waals surface area contributed by atoms with Crippen LogP contribution in [0.25, 0.3) is 0 Å². The molecule has 5 nitrogen and oxygen atoms in total. The van der Waals surface area contributed by atoms with Gasteiger partial charge in [-0.15, -0.1) is 0 Å². The van der Waals surface area contributed by atoms with Gasteiger partial charge in [0.25, 0.3) is 5.56 Å². The summed E-state index contributed by atoms with van der Waals surface area (Å²) >= 11 is 3.45. The first kappa shape index (κ1) is 15.6. The highest BCUT2D eigenvalue weighted by atomic mass is 79.9. The van der Waals surface area contributed by atoms with E-state index in [1.807, 2.05) is 12.1 Å². The quantitative estimate of drug-likeness (QED) is 0.916. The fourth-order valence-electron chi connectivity index (χ4n) is 2.22. The first-order valence-electron chi connectivity index (χ1n) is 6.72. The molecule has 0 spiro atoms. The van der Waals surface area contributed by atoms with E-state index in [9.17, 15) is 9.59 Å². The van der Waals surface area contributed by atoms with Gasteiger partial charge in [-0.2, -0.15) is 0 Å². The Labute approximate surface area is 131 Å². The third-order valence-electron chi connectivity index (χ3n) is 3.43. The van der Waals surface area contributed by atoms with Crippen LogP contribution in [0.1, 0.15) is 18.1 Å². The molecule has 6 heteroatoms. The Hall–Kier alpha value is -1.82. The molecule has 0 aliphatic carbocycles. The molecule has 0 saturated carbocycles. The van der Waals surface area contributed by atoms with Crippen molar-refractivity contribution in [1.82, 2.24) is 9.13 Å². The molecule has 0 radical (unpaired) electrons. The average molecular weight is 352 g/mol. The second kappa shape index (κ2) is 6.30. The van der Waals surface area contributed by atoms with Crippen molar-refractivity contribution in [2.75, 3.05) is 5.32 Å².